The largest absolute Gasteiger partial charge is 0.396 e. The molecule has 0 radical (unpaired) electrons. The van der Waals surface area contributed by atoms with Gasteiger partial charge in [0.1, 0.15) is 0 Å². The molecule has 9 heteroatoms. The maximum atomic E-state index is 11.8. The molecule has 21 heavy (non-hydrogen) atoms. The Morgan fingerprint density at radius 2 is 2.00 bits per heavy atom. The van der Waals surface area contributed by atoms with Crippen LogP contribution in [0.15, 0.2) is 12.1 Å². The van der Waals surface area contributed by atoms with Crippen molar-refractivity contribution >= 4 is 62.1 Å². The Morgan fingerprint density at radius 1 is 1.38 bits per heavy atom. The maximum Gasteiger partial charge on any atom is 0.234 e. The fourth-order valence-corrected chi connectivity index (χ4v) is 5.87. The fraction of sp³-hybridized carbons (Fsp3) is 0.417. The molecule has 0 aliphatic carbocycles. The number of rotatable bonds is 4. The quantitative estimate of drug-likeness (QED) is 0.796. The van der Waals surface area contributed by atoms with Gasteiger partial charge in [-0.15, -0.1) is 11.8 Å². The van der Waals surface area contributed by atoms with E-state index < -0.39 is 9.84 Å². The van der Waals surface area contributed by atoms with Crippen molar-refractivity contribution in [1.29, 1.82) is 0 Å². The number of carbonyl (C=O) groups excluding carboxylic acids is 1. The van der Waals surface area contributed by atoms with E-state index in [9.17, 15) is 13.2 Å². The van der Waals surface area contributed by atoms with Crippen molar-refractivity contribution in [1.82, 2.24) is 0 Å². The summed E-state index contributed by atoms with van der Waals surface area (Å²) in [5, 5.41) is 3.19. The highest BCUT2D eigenvalue weighted by molar-refractivity contribution is 8.02. The zero-order chi connectivity index (χ0) is 15.6. The van der Waals surface area contributed by atoms with Gasteiger partial charge in [-0.1, -0.05) is 23.2 Å². The van der Waals surface area contributed by atoms with Crippen molar-refractivity contribution < 1.29 is 13.2 Å². The Balaban J connectivity index is 1.88. The van der Waals surface area contributed by atoms with E-state index in [0.29, 0.717) is 12.1 Å². The summed E-state index contributed by atoms with van der Waals surface area (Å²) in [6.45, 7) is 0. The fourth-order valence-electron chi connectivity index (χ4n) is 1.94. The molecule has 1 atom stereocenters. The third-order valence-electron chi connectivity index (χ3n) is 3.00. The third-order valence-corrected chi connectivity index (χ3v) is 6.91. The maximum absolute atomic E-state index is 11.8. The first-order valence-electron chi connectivity index (χ1n) is 6.13. The lowest BCUT2D eigenvalue weighted by Crippen LogP contribution is -2.17. The lowest BCUT2D eigenvalue weighted by molar-refractivity contribution is -0.113. The number of nitrogens with two attached hydrogens (primary N) is 1. The number of nitrogens with one attached hydrogen (secondary N) is 1. The Morgan fingerprint density at radius 3 is 2.52 bits per heavy atom. The van der Waals surface area contributed by atoms with E-state index in [1.54, 1.807) is 0 Å². The van der Waals surface area contributed by atoms with Gasteiger partial charge in [-0.05, 0) is 18.6 Å². The number of hydrogen-bond donors (Lipinski definition) is 2. The van der Waals surface area contributed by atoms with Gasteiger partial charge in [-0.3, -0.25) is 4.79 Å². The lowest BCUT2D eigenvalue weighted by atomic mass is 10.3. The molecule has 1 aliphatic rings. The van der Waals surface area contributed by atoms with E-state index in [1.165, 1.54) is 23.9 Å². The first-order chi connectivity index (χ1) is 9.77. The number of amides is 1. The molecular weight excluding hydrogens is 355 g/mol. The van der Waals surface area contributed by atoms with Gasteiger partial charge in [-0.25, -0.2) is 8.42 Å². The van der Waals surface area contributed by atoms with Crippen LogP contribution in [0.25, 0.3) is 0 Å². The van der Waals surface area contributed by atoms with Gasteiger partial charge >= 0.3 is 0 Å². The van der Waals surface area contributed by atoms with Gasteiger partial charge in [-0.2, -0.15) is 0 Å². The van der Waals surface area contributed by atoms with E-state index in [2.05, 4.69) is 5.32 Å². The second-order valence-electron chi connectivity index (χ2n) is 4.74. The van der Waals surface area contributed by atoms with Crippen LogP contribution in [-0.4, -0.2) is 36.8 Å². The predicted molar refractivity (Wildman–Crippen MR) is 89.0 cm³/mol. The smallest absolute Gasteiger partial charge is 0.234 e. The molecule has 0 aromatic heterocycles. The van der Waals surface area contributed by atoms with Crippen molar-refractivity contribution in [2.24, 2.45) is 0 Å². The van der Waals surface area contributed by atoms with Crippen molar-refractivity contribution in [2.75, 3.05) is 28.3 Å². The summed E-state index contributed by atoms with van der Waals surface area (Å²) in [6.07, 6.45) is 0.597. The van der Waals surface area contributed by atoms with Crippen LogP contribution in [-0.2, 0) is 14.6 Å². The SMILES string of the molecule is Nc1c(Cl)cc(NC(=O)CSC2CCS(=O)(=O)C2)cc1Cl. The first kappa shape index (κ1) is 16.7. The molecule has 116 valence electrons. The van der Waals surface area contributed by atoms with Gasteiger partial charge in [0.25, 0.3) is 0 Å². The summed E-state index contributed by atoms with van der Waals surface area (Å²) in [7, 11) is -2.92. The molecule has 1 fully saturated rings. The van der Waals surface area contributed by atoms with Crippen LogP contribution in [0.4, 0.5) is 11.4 Å². The molecule has 0 bridgehead atoms. The lowest BCUT2D eigenvalue weighted by Gasteiger charge is -2.10. The number of nitrogen functional groups attached to an aromatic ring is 1. The number of hydrogen-bond acceptors (Lipinski definition) is 5. The average molecular weight is 369 g/mol. The minimum Gasteiger partial charge on any atom is -0.396 e. The van der Waals surface area contributed by atoms with Gasteiger partial charge in [0.15, 0.2) is 9.84 Å². The summed E-state index contributed by atoms with van der Waals surface area (Å²) in [5.41, 5.74) is 6.34. The van der Waals surface area contributed by atoms with E-state index in [0.717, 1.165) is 0 Å². The topological polar surface area (TPSA) is 89.3 Å². The van der Waals surface area contributed by atoms with Gasteiger partial charge in [0, 0.05) is 10.9 Å². The molecule has 1 aromatic rings. The first-order valence-corrected chi connectivity index (χ1v) is 9.76. The molecule has 1 amide bonds. The van der Waals surface area contributed by atoms with Crippen molar-refractivity contribution in [2.45, 2.75) is 11.7 Å². The van der Waals surface area contributed by atoms with E-state index >= 15 is 0 Å². The number of carbonyl (C=O) groups is 1. The van der Waals surface area contributed by atoms with Crippen LogP contribution < -0.4 is 11.1 Å². The third kappa shape index (κ3) is 4.67. The molecule has 1 saturated heterocycles. The number of anilines is 2. The molecular formula is C12H14Cl2N2O3S2. The second-order valence-corrected chi connectivity index (χ2v) is 9.07. The summed E-state index contributed by atoms with van der Waals surface area (Å²) in [4.78, 5) is 11.8. The molecule has 1 aromatic carbocycles. The van der Waals surface area contributed by atoms with Crippen molar-refractivity contribution in [3.8, 4) is 0 Å². The predicted octanol–water partition coefficient (Wildman–Crippen LogP) is 2.43. The van der Waals surface area contributed by atoms with Gasteiger partial charge < -0.3 is 11.1 Å². The highest BCUT2D eigenvalue weighted by atomic mass is 35.5. The van der Waals surface area contributed by atoms with E-state index in [1.807, 2.05) is 0 Å². The number of benzene rings is 1. The molecule has 1 heterocycles. The van der Waals surface area contributed by atoms with Crippen LogP contribution in [0.5, 0.6) is 0 Å². The minimum absolute atomic E-state index is 0.0145. The summed E-state index contributed by atoms with van der Waals surface area (Å²) in [5.74, 6) is 0.293. The monoisotopic (exact) mass is 368 g/mol. The Labute approximate surface area is 137 Å². The van der Waals surface area contributed by atoms with Crippen LogP contribution in [0.2, 0.25) is 10.0 Å². The normalized spacial score (nSPS) is 20.4. The Kier molecular flexibility index (Phi) is 5.29. The Hall–Kier alpha value is -0.630. The van der Waals surface area contributed by atoms with Crippen molar-refractivity contribution in [3.05, 3.63) is 22.2 Å². The minimum atomic E-state index is -2.92. The highest BCUT2D eigenvalue weighted by Gasteiger charge is 2.28. The number of halogens is 2. The molecule has 0 spiro atoms. The molecule has 5 nitrogen and oxygen atoms in total. The van der Waals surface area contributed by atoms with Gasteiger partial charge in [0.05, 0.1) is 33.0 Å². The molecule has 0 saturated carbocycles. The van der Waals surface area contributed by atoms with Crippen LogP contribution in [0, 0.1) is 0 Å². The second kappa shape index (κ2) is 6.64. The van der Waals surface area contributed by atoms with Gasteiger partial charge in [0.2, 0.25) is 5.91 Å². The van der Waals surface area contributed by atoms with Crippen LogP contribution >= 0.6 is 35.0 Å². The number of thioether (sulfide) groups is 1. The zero-order valence-electron chi connectivity index (χ0n) is 10.9. The summed E-state index contributed by atoms with van der Waals surface area (Å²) < 4.78 is 22.7. The molecule has 3 N–H and O–H groups in total. The van der Waals surface area contributed by atoms with Crippen LogP contribution in [0.3, 0.4) is 0 Å². The van der Waals surface area contributed by atoms with E-state index in [4.69, 9.17) is 28.9 Å². The zero-order valence-corrected chi connectivity index (χ0v) is 14.1. The molecule has 1 aliphatic heterocycles. The average Bonchev–Trinajstić information content (AvgIpc) is 2.73. The summed E-state index contributed by atoms with van der Waals surface area (Å²) in [6, 6.07) is 3.04. The summed E-state index contributed by atoms with van der Waals surface area (Å²) >= 11 is 13.1. The van der Waals surface area contributed by atoms with Crippen molar-refractivity contribution in [3.63, 3.8) is 0 Å². The highest BCUT2D eigenvalue weighted by Crippen LogP contribution is 2.31. The Bertz CT molecular complexity index is 641. The van der Waals surface area contributed by atoms with E-state index in [-0.39, 0.29) is 44.1 Å². The standard InChI is InChI=1S/C12H14Cl2N2O3S2/c13-9-3-7(4-10(14)12(9)15)16-11(17)5-20-8-1-2-21(18,19)6-8/h3-4,8H,1-2,5-6,15H2,(H,16,17). The molecule has 2 rings (SSSR count). The van der Waals surface area contributed by atoms with Crippen LogP contribution in [0.1, 0.15) is 6.42 Å². The molecule has 1 unspecified atom stereocenters. The number of sulfone groups is 1.